The van der Waals surface area contributed by atoms with Gasteiger partial charge in [0.05, 0.1) is 5.69 Å². The van der Waals surface area contributed by atoms with Gasteiger partial charge in [0.2, 0.25) is 0 Å². The Morgan fingerprint density at radius 1 is 1.62 bits per heavy atom. The minimum Gasteiger partial charge on any atom is -0.314 e. The van der Waals surface area contributed by atoms with Crippen LogP contribution >= 0.6 is 0 Å². The van der Waals surface area contributed by atoms with Gasteiger partial charge in [0, 0.05) is 6.20 Å². The predicted octanol–water partition coefficient (Wildman–Crippen LogP) is 0.144. The lowest BCUT2D eigenvalue weighted by Crippen LogP contribution is -2.16. The molecule has 0 radical (unpaired) electrons. The van der Waals surface area contributed by atoms with Crippen LogP contribution in [0, 0.1) is 6.92 Å². The zero-order chi connectivity index (χ0) is 9.42. The molecule has 2 aromatic rings. The van der Waals surface area contributed by atoms with E-state index in [-0.39, 0.29) is 5.69 Å². The predicted molar refractivity (Wildman–Crippen MR) is 45.9 cm³/mol. The number of carbonyl (C=O) groups excluding carboxylic acids is 1. The van der Waals surface area contributed by atoms with Crippen molar-refractivity contribution in [3.8, 4) is 0 Å². The number of rotatable bonds is 1. The van der Waals surface area contributed by atoms with Gasteiger partial charge in [-0.2, -0.15) is 0 Å². The summed E-state index contributed by atoms with van der Waals surface area (Å²) in [5, 5.41) is 0. The molecule has 0 bridgehead atoms. The number of hydrogen-bond acceptors (Lipinski definition) is 3. The van der Waals surface area contributed by atoms with Gasteiger partial charge in [0.1, 0.15) is 11.3 Å². The summed E-state index contributed by atoms with van der Waals surface area (Å²) in [5.74, 6) is 0. The van der Waals surface area contributed by atoms with Crippen LogP contribution in [0.15, 0.2) is 17.1 Å². The molecule has 0 fully saturated rings. The fourth-order valence-corrected chi connectivity index (χ4v) is 1.27. The molecule has 0 spiro atoms. The van der Waals surface area contributed by atoms with E-state index in [1.807, 2.05) is 0 Å². The van der Waals surface area contributed by atoms with E-state index in [0.717, 1.165) is 0 Å². The SMILES string of the molecule is Cc1c(C=O)nc2cc[nH]c(=O)n12. The Morgan fingerprint density at radius 2 is 2.38 bits per heavy atom. The van der Waals surface area contributed by atoms with E-state index in [1.165, 1.54) is 10.6 Å². The Labute approximate surface area is 73.0 Å². The second-order valence-corrected chi connectivity index (χ2v) is 2.68. The quantitative estimate of drug-likeness (QED) is 0.630. The molecular weight excluding hydrogens is 170 g/mol. The third-order valence-corrected chi connectivity index (χ3v) is 1.92. The third kappa shape index (κ3) is 0.970. The van der Waals surface area contributed by atoms with Crippen molar-refractivity contribution in [3.05, 3.63) is 34.1 Å². The van der Waals surface area contributed by atoms with Gasteiger partial charge in [-0.25, -0.2) is 14.2 Å². The maximum absolute atomic E-state index is 11.3. The van der Waals surface area contributed by atoms with Crippen molar-refractivity contribution in [2.75, 3.05) is 0 Å². The lowest BCUT2D eigenvalue weighted by Gasteiger charge is -1.91. The van der Waals surface area contributed by atoms with Gasteiger partial charge in [0.15, 0.2) is 6.29 Å². The normalized spacial score (nSPS) is 10.5. The molecule has 0 saturated carbocycles. The Morgan fingerprint density at radius 3 is 3.00 bits per heavy atom. The van der Waals surface area contributed by atoms with Crippen LogP contribution in [0.3, 0.4) is 0 Å². The highest BCUT2D eigenvalue weighted by Crippen LogP contribution is 2.05. The number of carbonyl (C=O) groups is 1. The van der Waals surface area contributed by atoms with Crippen LogP contribution in [0.1, 0.15) is 16.2 Å². The largest absolute Gasteiger partial charge is 0.331 e. The zero-order valence-corrected chi connectivity index (χ0v) is 6.94. The van der Waals surface area contributed by atoms with Gasteiger partial charge in [-0.15, -0.1) is 0 Å². The molecule has 0 amide bonds. The summed E-state index contributed by atoms with van der Waals surface area (Å²) in [4.78, 5) is 28.3. The van der Waals surface area contributed by atoms with E-state index >= 15 is 0 Å². The lowest BCUT2D eigenvalue weighted by molar-refractivity contribution is 0.111. The van der Waals surface area contributed by atoms with Crippen LogP contribution in [-0.2, 0) is 0 Å². The first-order chi connectivity index (χ1) is 6.24. The molecular formula is C8H7N3O2. The molecule has 66 valence electrons. The number of aryl methyl sites for hydroxylation is 1. The number of aromatic amines is 1. The summed E-state index contributed by atoms with van der Waals surface area (Å²) in [7, 11) is 0. The van der Waals surface area contributed by atoms with Gasteiger partial charge < -0.3 is 4.98 Å². The molecule has 0 aliphatic carbocycles. The highest BCUT2D eigenvalue weighted by Gasteiger charge is 2.08. The summed E-state index contributed by atoms with van der Waals surface area (Å²) in [5.41, 5.74) is 1.07. The maximum atomic E-state index is 11.3. The van der Waals surface area contributed by atoms with E-state index < -0.39 is 0 Å². The van der Waals surface area contributed by atoms with E-state index in [9.17, 15) is 9.59 Å². The van der Waals surface area contributed by atoms with Crippen molar-refractivity contribution in [2.45, 2.75) is 6.92 Å². The summed E-state index contributed by atoms with van der Waals surface area (Å²) in [6.45, 7) is 1.68. The van der Waals surface area contributed by atoms with Gasteiger partial charge in [-0.05, 0) is 13.0 Å². The standard InChI is InChI=1S/C8H7N3O2/c1-5-6(4-12)10-7-2-3-9-8(13)11(5)7/h2-4H,1H3,(H,9,13). The molecule has 0 unspecified atom stereocenters. The monoisotopic (exact) mass is 177 g/mol. The van der Waals surface area contributed by atoms with Crippen LogP contribution in [0.5, 0.6) is 0 Å². The number of nitrogens with one attached hydrogen (secondary N) is 1. The van der Waals surface area contributed by atoms with Crippen LogP contribution in [-0.4, -0.2) is 20.7 Å². The number of H-pyrrole nitrogens is 1. The van der Waals surface area contributed by atoms with Crippen LogP contribution < -0.4 is 5.69 Å². The topological polar surface area (TPSA) is 67.2 Å². The zero-order valence-electron chi connectivity index (χ0n) is 6.94. The van der Waals surface area contributed by atoms with Crippen molar-refractivity contribution in [3.63, 3.8) is 0 Å². The first-order valence-corrected chi connectivity index (χ1v) is 3.76. The van der Waals surface area contributed by atoms with Crippen molar-refractivity contribution >= 4 is 11.9 Å². The summed E-state index contributed by atoms with van der Waals surface area (Å²) in [6, 6.07) is 1.64. The number of nitrogens with zero attached hydrogens (tertiary/aromatic N) is 2. The van der Waals surface area contributed by atoms with Crippen LogP contribution in [0.25, 0.3) is 5.65 Å². The van der Waals surface area contributed by atoms with Crippen LogP contribution in [0.2, 0.25) is 0 Å². The van der Waals surface area contributed by atoms with Crippen molar-refractivity contribution in [1.82, 2.24) is 14.4 Å². The average Bonchev–Trinajstić information content (AvgIpc) is 2.44. The van der Waals surface area contributed by atoms with E-state index in [0.29, 0.717) is 23.3 Å². The molecule has 2 rings (SSSR count). The summed E-state index contributed by atoms with van der Waals surface area (Å²) < 4.78 is 1.36. The summed E-state index contributed by atoms with van der Waals surface area (Å²) in [6.07, 6.45) is 2.14. The van der Waals surface area contributed by atoms with Gasteiger partial charge in [-0.1, -0.05) is 0 Å². The van der Waals surface area contributed by atoms with Gasteiger partial charge >= 0.3 is 5.69 Å². The maximum Gasteiger partial charge on any atom is 0.331 e. The number of aromatic nitrogens is 3. The molecule has 1 N–H and O–H groups in total. The molecule has 2 heterocycles. The number of aldehydes is 1. The van der Waals surface area contributed by atoms with Gasteiger partial charge in [0.25, 0.3) is 0 Å². The minimum atomic E-state index is -0.282. The van der Waals surface area contributed by atoms with Crippen molar-refractivity contribution < 1.29 is 4.79 Å². The number of imidazole rings is 1. The molecule has 0 aliphatic heterocycles. The average molecular weight is 177 g/mol. The van der Waals surface area contributed by atoms with Crippen LogP contribution in [0.4, 0.5) is 0 Å². The lowest BCUT2D eigenvalue weighted by atomic mass is 10.4. The Kier molecular flexibility index (Phi) is 1.51. The Balaban J connectivity index is 3.01. The molecule has 0 aromatic carbocycles. The van der Waals surface area contributed by atoms with Crippen molar-refractivity contribution in [2.24, 2.45) is 0 Å². The first-order valence-electron chi connectivity index (χ1n) is 3.76. The molecule has 13 heavy (non-hydrogen) atoms. The third-order valence-electron chi connectivity index (χ3n) is 1.92. The fraction of sp³-hybridized carbons (Fsp3) is 0.125. The highest BCUT2D eigenvalue weighted by molar-refractivity contribution is 5.75. The van der Waals surface area contributed by atoms with E-state index in [4.69, 9.17) is 0 Å². The number of fused-ring (bicyclic) bond motifs is 1. The minimum absolute atomic E-state index is 0.282. The first kappa shape index (κ1) is 7.72. The molecule has 2 aromatic heterocycles. The Hall–Kier alpha value is -1.91. The highest BCUT2D eigenvalue weighted by atomic mass is 16.1. The van der Waals surface area contributed by atoms with Gasteiger partial charge in [-0.3, -0.25) is 4.79 Å². The second-order valence-electron chi connectivity index (χ2n) is 2.68. The smallest absolute Gasteiger partial charge is 0.314 e. The molecule has 0 aliphatic rings. The van der Waals surface area contributed by atoms with E-state index in [1.54, 1.807) is 13.0 Å². The fourth-order valence-electron chi connectivity index (χ4n) is 1.27. The molecule has 5 nitrogen and oxygen atoms in total. The number of hydrogen-bond donors (Lipinski definition) is 1. The molecule has 0 atom stereocenters. The van der Waals surface area contributed by atoms with Crippen molar-refractivity contribution in [1.29, 1.82) is 0 Å². The molecule has 0 saturated heterocycles. The van der Waals surface area contributed by atoms with E-state index in [2.05, 4.69) is 9.97 Å². The summed E-state index contributed by atoms with van der Waals surface area (Å²) >= 11 is 0. The molecule has 5 heteroatoms. The Bertz CT molecular complexity index is 524. The second kappa shape index (κ2) is 2.55.